The molecule has 612 valence electrons. The number of hydrogen-bond donors (Lipinski definition) is 0. The lowest BCUT2D eigenvalue weighted by atomic mass is 9.83. The number of rotatable bonds is 8. The van der Waals surface area contributed by atoms with Gasteiger partial charge in [0.05, 0.1) is 22.1 Å². The van der Waals surface area contributed by atoms with E-state index in [-0.39, 0.29) is 27.1 Å². The van der Waals surface area contributed by atoms with Crippen LogP contribution in [0.5, 0.6) is 0 Å². The predicted octanol–water partition coefficient (Wildman–Crippen LogP) is 32.2. The minimum atomic E-state index is -0.129. The Kier molecular flexibility index (Phi) is 23.8. The molecule has 0 saturated heterocycles. The number of aromatic nitrogens is 6. The average molecular weight is 1610 g/mol. The molecule has 0 saturated carbocycles. The van der Waals surface area contributed by atoms with Crippen LogP contribution in [0.15, 0.2) is 394 Å². The topological polar surface area (TPSA) is 61.4 Å². The van der Waals surface area contributed by atoms with Crippen molar-refractivity contribution in [2.45, 2.75) is 131 Å². The fourth-order valence-corrected chi connectivity index (χ4v) is 16.0. The van der Waals surface area contributed by atoms with Crippen LogP contribution in [-0.2, 0) is 27.1 Å². The Hall–Kier alpha value is -13.9. The van der Waals surface area contributed by atoms with Crippen molar-refractivity contribution in [2.75, 3.05) is 0 Å². The molecule has 0 N–H and O–H groups in total. The van der Waals surface area contributed by atoms with Crippen LogP contribution < -0.4 is 0 Å². The summed E-state index contributed by atoms with van der Waals surface area (Å²) >= 11 is 0. The second-order valence-corrected chi connectivity index (χ2v) is 37.6. The second kappa shape index (κ2) is 35.3. The molecule has 0 spiro atoms. The molecule has 0 radical (unpaired) electrons. The lowest BCUT2D eigenvalue weighted by molar-refractivity contribution is 0.543. The first-order valence-electron chi connectivity index (χ1n) is 43.4. The van der Waals surface area contributed by atoms with E-state index >= 15 is 0 Å². The number of nitrogens with zero attached hydrogens (tertiary/aromatic N) is 6. The summed E-state index contributed by atoms with van der Waals surface area (Å²) in [6.45, 7) is 33.5. The summed E-state index contributed by atoms with van der Waals surface area (Å²) in [5.74, 6) is 3.23. The highest BCUT2D eigenvalue weighted by Crippen LogP contribution is 2.40. The highest BCUT2D eigenvalue weighted by molar-refractivity contribution is 6.09. The Morgan fingerprint density at radius 1 is 0.185 bits per heavy atom. The molecule has 20 aromatic rings. The zero-order chi connectivity index (χ0) is 86.5. The van der Waals surface area contributed by atoms with Crippen molar-refractivity contribution < 1.29 is 0 Å². The van der Waals surface area contributed by atoms with E-state index in [9.17, 15) is 0 Å². The zero-order valence-electron chi connectivity index (χ0n) is 74.2. The van der Waals surface area contributed by atoms with Crippen LogP contribution >= 0.6 is 0 Å². The van der Waals surface area contributed by atoms with Gasteiger partial charge in [0.2, 0.25) is 0 Å². The van der Waals surface area contributed by atoms with E-state index in [1.54, 1.807) is 0 Å². The largest absolute Gasteiger partial charge is 0.309 e. The standard InChI is InChI=1S/C30H26.C24H22.C23H22N2.C22H21N.C19H19N3/c1-30(2,3)29-19-27(25-14-12-21-8-4-6-10-23(21)16-25)18-28(20-29)26-15-13-22-9-5-7-11-24(22)17-26;1-24(2,3)23-13-12-21-15-20(10-11-22(21)16-23)19-9-8-17-6-4-5-7-18(17)14-19;1-23(2,3)18-15-13-17(14-16-18)22-24-20-11-7-8-12-21(20)25(22)19-9-5-4-6-10-19;1-22(2,3)16-12-14-17(15-13-16)23-20-10-6-4-8-18(20)19-9-5-7-11-21(19)23;1-19(2,3)18-21-16(14-10-6-4-7-11-14)20-17(22-18)15-12-8-5-9-13-15/h4-20H,1-3H3;4-16H,1-3H3;4-16H,1-3H3;4-15H,1-3H3;4-13H,1-3H3. The molecular formula is C118H110N6. The van der Waals surface area contributed by atoms with E-state index in [1.165, 1.54) is 126 Å². The Morgan fingerprint density at radius 3 is 0.944 bits per heavy atom. The molecular weight excluding hydrogens is 1500 g/mol. The molecule has 20 rings (SSSR count). The smallest absolute Gasteiger partial charge is 0.163 e. The van der Waals surface area contributed by atoms with E-state index < -0.39 is 0 Å². The molecule has 3 aromatic heterocycles. The van der Waals surface area contributed by atoms with Gasteiger partial charge in [-0.3, -0.25) is 4.57 Å². The first kappa shape index (κ1) is 83.7. The Labute approximate surface area is 732 Å². The van der Waals surface area contributed by atoms with E-state index in [0.717, 1.165) is 56.7 Å². The zero-order valence-corrected chi connectivity index (χ0v) is 74.2. The number of para-hydroxylation sites is 5. The highest BCUT2D eigenvalue weighted by atomic mass is 15.1. The molecule has 0 unspecified atom stereocenters. The fraction of sp³-hybridized carbons (Fsp3) is 0.169. The number of imidazole rings is 1. The summed E-state index contributed by atoms with van der Waals surface area (Å²) in [5, 5.41) is 12.9. The molecule has 3 heterocycles. The summed E-state index contributed by atoms with van der Waals surface area (Å²) in [4.78, 5) is 18.9. The maximum absolute atomic E-state index is 4.91. The maximum atomic E-state index is 4.91. The van der Waals surface area contributed by atoms with Gasteiger partial charge in [-0.05, 0) is 199 Å². The number of fused-ring (bicyclic) bond motifs is 8. The molecule has 124 heavy (non-hydrogen) atoms. The van der Waals surface area contributed by atoms with Crippen molar-refractivity contribution in [3.63, 3.8) is 0 Å². The molecule has 6 nitrogen and oxygen atoms in total. The summed E-state index contributed by atoms with van der Waals surface area (Å²) in [5.41, 5.74) is 23.7. The van der Waals surface area contributed by atoms with Gasteiger partial charge in [-0.25, -0.2) is 19.9 Å². The average Bonchev–Trinajstić information content (AvgIpc) is 1.59. The third-order valence-corrected chi connectivity index (χ3v) is 23.3. The van der Waals surface area contributed by atoms with Crippen molar-refractivity contribution in [1.82, 2.24) is 29.1 Å². The fourth-order valence-electron chi connectivity index (χ4n) is 16.0. The molecule has 17 aromatic carbocycles. The molecule has 0 aliphatic carbocycles. The van der Waals surface area contributed by atoms with Crippen molar-refractivity contribution >= 4 is 75.9 Å². The molecule has 0 atom stereocenters. The first-order valence-corrected chi connectivity index (χ1v) is 43.4. The summed E-state index contributed by atoms with van der Waals surface area (Å²) < 4.78 is 4.60. The van der Waals surface area contributed by atoms with Gasteiger partial charge in [0, 0.05) is 44.3 Å². The van der Waals surface area contributed by atoms with Crippen LogP contribution in [0.25, 0.3) is 155 Å². The molecule has 6 heteroatoms. The Morgan fingerprint density at radius 2 is 0.508 bits per heavy atom. The van der Waals surface area contributed by atoms with E-state index in [0.29, 0.717) is 0 Å². The minimum absolute atomic E-state index is 0.0818. The van der Waals surface area contributed by atoms with E-state index in [4.69, 9.17) is 4.98 Å². The van der Waals surface area contributed by atoms with Gasteiger partial charge >= 0.3 is 0 Å². The van der Waals surface area contributed by atoms with Gasteiger partial charge in [0.15, 0.2) is 11.6 Å². The third-order valence-electron chi connectivity index (χ3n) is 23.3. The van der Waals surface area contributed by atoms with Gasteiger partial charge in [-0.15, -0.1) is 0 Å². The monoisotopic (exact) mass is 1610 g/mol. The van der Waals surface area contributed by atoms with Gasteiger partial charge in [-0.1, -0.05) is 419 Å². The number of hydrogen-bond acceptors (Lipinski definition) is 4. The quantitative estimate of drug-likeness (QED) is 0.152. The van der Waals surface area contributed by atoms with Crippen LogP contribution in [0.1, 0.15) is 132 Å². The van der Waals surface area contributed by atoms with Gasteiger partial charge < -0.3 is 4.57 Å². The summed E-state index contributed by atoms with van der Waals surface area (Å²) in [6.07, 6.45) is 0. The molecule has 0 aliphatic heterocycles. The van der Waals surface area contributed by atoms with Crippen LogP contribution in [0, 0.1) is 0 Å². The lowest BCUT2D eigenvalue weighted by Gasteiger charge is -2.22. The molecule has 0 bridgehead atoms. The highest BCUT2D eigenvalue weighted by Gasteiger charge is 2.24. The normalized spacial score (nSPS) is 11.8. The third kappa shape index (κ3) is 19.0. The Bertz CT molecular complexity index is 6930. The van der Waals surface area contributed by atoms with Crippen molar-refractivity contribution in [3.8, 4) is 78.9 Å². The summed E-state index contributed by atoms with van der Waals surface area (Å²) in [6, 6.07) is 140. The van der Waals surface area contributed by atoms with E-state index in [1.807, 2.05) is 72.8 Å². The number of benzene rings is 17. The first-order chi connectivity index (χ1) is 59.6. The Balaban J connectivity index is 0.000000115. The lowest BCUT2D eigenvalue weighted by Crippen LogP contribution is -2.18. The SMILES string of the molecule is CC(C)(C)c1cc(-c2ccc3ccccc3c2)cc(-c2ccc3ccccc3c2)c1.CC(C)(C)c1ccc(-c2nc3ccccc3n2-c2ccccc2)cc1.CC(C)(C)c1ccc(-n2c3ccccc3c3ccccc32)cc1.CC(C)(C)c1ccc2cc(-c3ccc4ccccc4c3)ccc2c1.CC(C)(C)c1nc(-c2ccccc2)nc(-c2ccccc2)n1. The summed E-state index contributed by atoms with van der Waals surface area (Å²) in [7, 11) is 0. The molecule has 0 fully saturated rings. The predicted molar refractivity (Wildman–Crippen MR) is 531 cm³/mol. The van der Waals surface area contributed by atoms with Crippen molar-refractivity contribution in [3.05, 3.63) is 422 Å². The van der Waals surface area contributed by atoms with E-state index in [2.05, 4.69) is 449 Å². The van der Waals surface area contributed by atoms with Gasteiger partial charge in [0.1, 0.15) is 11.6 Å². The van der Waals surface area contributed by atoms with Crippen molar-refractivity contribution in [1.29, 1.82) is 0 Å². The maximum Gasteiger partial charge on any atom is 0.163 e. The molecule has 0 aliphatic rings. The van der Waals surface area contributed by atoms with Crippen LogP contribution in [0.4, 0.5) is 0 Å². The van der Waals surface area contributed by atoms with Crippen LogP contribution in [0.3, 0.4) is 0 Å². The van der Waals surface area contributed by atoms with Crippen molar-refractivity contribution in [2.24, 2.45) is 0 Å². The van der Waals surface area contributed by atoms with Gasteiger partial charge in [0.25, 0.3) is 0 Å². The molecule has 0 amide bonds. The van der Waals surface area contributed by atoms with Crippen LogP contribution in [0.2, 0.25) is 0 Å². The minimum Gasteiger partial charge on any atom is -0.309 e. The van der Waals surface area contributed by atoms with Crippen LogP contribution in [-0.4, -0.2) is 29.1 Å². The van der Waals surface area contributed by atoms with Gasteiger partial charge in [-0.2, -0.15) is 0 Å². The second-order valence-electron chi connectivity index (χ2n) is 37.6.